The Morgan fingerprint density at radius 2 is 2.31 bits per heavy atom. The van der Waals surface area contributed by atoms with Crippen molar-refractivity contribution in [2.75, 3.05) is 19.6 Å². The highest BCUT2D eigenvalue weighted by molar-refractivity contribution is 7.08. The second-order valence-corrected chi connectivity index (χ2v) is 5.09. The summed E-state index contributed by atoms with van der Waals surface area (Å²) < 4.78 is 0. The fraction of sp³-hybridized carbons (Fsp3) is 0.583. The molecule has 1 aromatic rings. The van der Waals surface area contributed by atoms with Crippen LogP contribution in [0.3, 0.4) is 0 Å². The maximum atomic E-state index is 11.7. The SMILES string of the molecule is C[C@H](CNC(=O)c1ccsc1)N1CCCC1. The van der Waals surface area contributed by atoms with Crippen LogP contribution in [0.4, 0.5) is 0 Å². The summed E-state index contributed by atoms with van der Waals surface area (Å²) in [5, 5.41) is 6.80. The average Bonchev–Trinajstić information content (AvgIpc) is 2.95. The smallest absolute Gasteiger partial charge is 0.252 e. The summed E-state index contributed by atoms with van der Waals surface area (Å²) in [7, 11) is 0. The summed E-state index contributed by atoms with van der Waals surface area (Å²) >= 11 is 1.56. The Hall–Kier alpha value is -0.870. The average molecular weight is 238 g/mol. The molecule has 1 N–H and O–H groups in total. The van der Waals surface area contributed by atoms with Gasteiger partial charge in [-0.3, -0.25) is 9.69 Å². The quantitative estimate of drug-likeness (QED) is 0.869. The summed E-state index contributed by atoms with van der Waals surface area (Å²) in [5.74, 6) is 0.0484. The van der Waals surface area contributed by atoms with Gasteiger partial charge in [0.15, 0.2) is 0 Å². The first kappa shape index (κ1) is 11.6. The van der Waals surface area contributed by atoms with Crippen molar-refractivity contribution in [1.29, 1.82) is 0 Å². The molecule has 0 aliphatic carbocycles. The Kier molecular flexibility index (Phi) is 3.96. The zero-order valence-electron chi connectivity index (χ0n) is 9.61. The van der Waals surface area contributed by atoms with Crippen LogP contribution in [0.1, 0.15) is 30.1 Å². The summed E-state index contributed by atoms with van der Waals surface area (Å²) in [4.78, 5) is 14.1. The van der Waals surface area contributed by atoms with E-state index in [2.05, 4.69) is 17.1 Å². The van der Waals surface area contributed by atoms with Crippen molar-refractivity contribution in [3.8, 4) is 0 Å². The lowest BCUT2D eigenvalue weighted by molar-refractivity contribution is 0.0941. The van der Waals surface area contributed by atoms with Gasteiger partial charge in [0, 0.05) is 23.5 Å². The van der Waals surface area contributed by atoms with Crippen molar-refractivity contribution >= 4 is 17.2 Å². The lowest BCUT2D eigenvalue weighted by Crippen LogP contribution is -2.40. The second-order valence-electron chi connectivity index (χ2n) is 4.31. The zero-order valence-corrected chi connectivity index (χ0v) is 10.4. The van der Waals surface area contributed by atoms with Gasteiger partial charge in [0.05, 0.1) is 0 Å². The molecule has 1 saturated heterocycles. The number of thiophene rings is 1. The monoisotopic (exact) mass is 238 g/mol. The first-order chi connectivity index (χ1) is 7.77. The Balaban J connectivity index is 1.76. The van der Waals surface area contributed by atoms with Crippen LogP contribution < -0.4 is 5.32 Å². The Bertz CT molecular complexity index is 331. The number of hydrogen-bond acceptors (Lipinski definition) is 3. The molecular weight excluding hydrogens is 220 g/mol. The van der Waals surface area contributed by atoms with Crippen molar-refractivity contribution in [2.45, 2.75) is 25.8 Å². The number of rotatable bonds is 4. The van der Waals surface area contributed by atoms with E-state index in [4.69, 9.17) is 0 Å². The maximum Gasteiger partial charge on any atom is 0.252 e. The van der Waals surface area contributed by atoms with E-state index in [-0.39, 0.29) is 5.91 Å². The molecule has 88 valence electrons. The molecule has 0 aromatic carbocycles. The van der Waals surface area contributed by atoms with Gasteiger partial charge in [0.2, 0.25) is 0 Å². The first-order valence-electron chi connectivity index (χ1n) is 5.82. The van der Waals surface area contributed by atoms with E-state index >= 15 is 0 Å². The number of hydrogen-bond donors (Lipinski definition) is 1. The fourth-order valence-electron chi connectivity index (χ4n) is 2.05. The topological polar surface area (TPSA) is 32.3 Å². The molecule has 1 aliphatic heterocycles. The predicted octanol–water partition coefficient (Wildman–Crippen LogP) is 1.96. The standard InChI is InChI=1S/C12H18N2OS/c1-10(14-5-2-3-6-14)8-13-12(15)11-4-7-16-9-11/h4,7,9-10H,2-3,5-6,8H2,1H3,(H,13,15)/t10-/m1/s1. The molecule has 1 aliphatic rings. The van der Waals surface area contributed by atoms with Gasteiger partial charge >= 0.3 is 0 Å². The van der Waals surface area contributed by atoms with Gasteiger partial charge in [-0.1, -0.05) is 0 Å². The number of carbonyl (C=O) groups excluding carboxylic acids is 1. The number of likely N-dealkylation sites (tertiary alicyclic amines) is 1. The molecule has 0 saturated carbocycles. The number of carbonyl (C=O) groups is 1. The Morgan fingerprint density at radius 3 is 2.94 bits per heavy atom. The van der Waals surface area contributed by atoms with Gasteiger partial charge in [0.1, 0.15) is 0 Å². The highest BCUT2D eigenvalue weighted by atomic mass is 32.1. The van der Waals surface area contributed by atoms with Crippen LogP contribution in [0.25, 0.3) is 0 Å². The summed E-state index contributed by atoms with van der Waals surface area (Å²) in [5.41, 5.74) is 0.777. The van der Waals surface area contributed by atoms with Gasteiger partial charge < -0.3 is 5.32 Å². The lowest BCUT2D eigenvalue weighted by Gasteiger charge is -2.23. The molecule has 2 heterocycles. The van der Waals surface area contributed by atoms with Crippen molar-refractivity contribution in [1.82, 2.24) is 10.2 Å². The van der Waals surface area contributed by atoms with Crippen LogP contribution in [-0.4, -0.2) is 36.5 Å². The zero-order chi connectivity index (χ0) is 11.4. The molecule has 16 heavy (non-hydrogen) atoms. The predicted molar refractivity (Wildman–Crippen MR) is 66.9 cm³/mol. The van der Waals surface area contributed by atoms with Crippen molar-refractivity contribution in [2.24, 2.45) is 0 Å². The summed E-state index contributed by atoms with van der Waals surface area (Å²) in [6.45, 7) is 5.28. The van der Waals surface area contributed by atoms with Crippen LogP contribution in [0.15, 0.2) is 16.8 Å². The molecule has 1 amide bonds. The molecule has 1 atom stereocenters. The molecule has 0 radical (unpaired) electrons. The second kappa shape index (κ2) is 5.46. The number of amides is 1. The third-order valence-electron chi connectivity index (χ3n) is 3.11. The summed E-state index contributed by atoms with van der Waals surface area (Å²) in [6.07, 6.45) is 2.59. The van der Waals surface area contributed by atoms with E-state index in [1.54, 1.807) is 11.3 Å². The minimum absolute atomic E-state index is 0.0484. The van der Waals surface area contributed by atoms with E-state index in [1.807, 2.05) is 16.8 Å². The van der Waals surface area contributed by atoms with Crippen LogP contribution in [0, 0.1) is 0 Å². The van der Waals surface area contributed by atoms with Crippen LogP contribution >= 0.6 is 11.3 Å². The molecular formula is C12H18N2OS. The van der Waals surface area contributed by atoms with E-state index in [0.717, 1.165) is 12.1 Å². The van der Waals surface area contributed by atoms with Gasteiger partial charge in [0.25, 0.3) is 5.91 Å². The van der Waals surface area contributed by atoms with E-state index in [9.17, 15) is 4.79 Å². The lowest BCUT2D eigenvalue weighted by atomic mass is 10.2. The molecule has 2 rings (SSSR count). The van der Waals surface area contributed by atoms with E-state index < -0.39 is 0 Å². The van der Waals surface area contributed by atoms with E-state index in [0.29, 0.717) is 6.04 Å². The van der Waals surface area contributed by atoms with Crippen LogP contribution in [0.2, 0.25) is 0 Å². The summed E-state index contributed by atoms with van der Waals surface area (Å²) in [6, 6.07) is 2.31. The third kappa shape index (κ3) is 2.83. The van der Waals surface area contributed by atoms with Gasteiger partial charge in [-0.2, -0.15) is 11.3 Å². The largest absolute Gasteiger partial charge is 0.350 e. The number of nitrogens with zero attached hydrogens (tertiary/aromatic N) is 1. The Labute approximate surface area is 100 Å². The maximum absolute atomic E-state index is 11.7. The highest BCUT2D eigenvalue weighted by Crippen LogP contribution is 2.11. The Morgan fingerprint density at radius 1 is 1.56 bits per heavy atom. The molecule has 0 unspecified atom stereocenters. The third-order valence-corrected chi connectivity index (χ3v) is 3.79. The molecule has 4 heteroatoms. The normalized spacial score (nSPS) is 18.6. The molecule has 3 nitrogen and oxygen atoms in total. The van der Waals surface area contributed by atoms with Gasteiger partial charge in [-0.15, -0.1) is 0 Å². The molecule has 0 bridgehead atoms. The van der Waals surface area contributed by atoms with Gasteiger partial charge in [-0.05, 0) is 44.3 Å². The van der Waals surface area contributed by atoms with Crippen molar-refractivity contribution in [3.63, 3.8) is 0 Å². The number of nitrogens with one attached hydrogen (secondary N) is 1. The first-order valence-corrected chi connectivity index (χ1v) is 6.76. The fourth-order valence-corrected chi connectivity index (χ4v) is 2.68. The molecule has 0 spiro atoms. The minimum Gasteiger partial charge on any atom is -0.350 e. The van der Waals surface area contributed by atoms with Crippen LogP contribution in [-0.2, 0) is 0 Å². The molecule has 1 fully saturated rings. The van der Waals surface area contributed by atoms with Crippen molar-refractivity contribution in [3.05, 3.63) is 22.4 Å². The van der Waals surface area contributed by atoms with Gasteiger partial charge in [-0.25, -0.2) is 0 Å². The van der Waals surface area contributed by atoms with Crippen molar-refractivity contribution < 1.29 is 4.79 Å². The van der Waals surface area contributed by atoms with Crippen LogP contribution in [0.5, 0.6) is 0 Å². The molecule has 1 aromatic heterocycles. The highest BCUT2D eigenvalue weighted by Gasteiger charge is 2.18. The minimum atomic E-state index is 0.0484. The van der Waals surface area contributed by atoms with E-state index in [1.165, 1.54) is 25.9 Å².